The van der Waals surface area contributed by atoms with Gasteiger partial charge < -0.3 is 61.8 Å². The van der Waals surface area contributed by atoms with E-state index in [1.807, 2.05) is 72.4 Å². The van der Waals surface area contributed by atoms with Crippen LogP contribution in [0.15, 0.2) is 99.0 Å². The van der Waals surface area contributed by atoms with E-state index in [4.69, 9.17) is 9.47 Å². The Morgan fingerprint density at radius 1 is 0.653 bits per heavy atom. The van der Waals surface area contributed by atoms with Crippen molar-refractivity contribution in [3.8, 4) is 23.7 Å². The van der Waals surface area contributed by atoms with E-state index >= 15 is 0 Å². The SMILES string of the molecule is CN[C@@H](C)C(=O)N[C@H](C(=O)N1CCCC1Cn1nnnc1Sc1ccccc1)[C@@H](C)OCC#Cc1cc(C#CCO[C@H](C)[C@H](NC(=O)[C@@H](C)NC)C(=O)N2CCC[C@H]2Cn2nnnc2Sc2ccccc2)cc(NC(=O)CCCCCNC(=O)CCCCC2SC[C@@H]3NC(=O)N[C@H]23)c1. The van der Waals surface area contributed by atoms with Crippen molar-refractivity contribution >= 4 is 82.4 Å². The number of benzene rings is 3. The Hall–Kier alpha value is -8.10. The molecule has 8 amide bonds. The molecular formula is C68H90N18O9S3. The van der Waals surface area contributed by atoms with Gasteiger partial charge in [-0.25, -0.2) is 14.2 Å². The third-order valence-corrected chi connectivity index (χ3v) is 21.2. The van der Waals surface area contributed by atoms with Crippen LogP contribution in [0.3, 0.4) is 0 Å². The van der Waals surface area contributed by atoms with Gasteiger partial charge in [0.05, 0.1) is 61.5 Å². The Balaban J connectivity index is 0.839. The number of aromatic nitrogens is 8. The lowest BCUT2D eigenvalue weighted by atomic mass is 10.0. The highest BCUT2D eigenvalue weighted by molar-refractivity contribution is 8.00. The summed E-state index contributed by atoms with van der Waals surface area (Å²) in [4.78, 5) is 99.7. The van der Waals surface area contributed by atoms with Crippen LogP contribution in [0.2, 0.25) is 0 Å². The maximum Gasteiger partial charge on any atom is 0.315 e. The summed E-state index contributed by atoms with van der Waals surface area (Å²) in [5.41, 5.74) is 1.43. The summed E-state index contributed by atoms with van der Waals surface area (Å²) in [7, 11) is 3.33. The Kier molecular flexibility index (Phi) is 28.6. The first-order valence-electron chi connectivity index (χ1n) is 33.7. The van der Waals surface area contributed by atoms with Crippen LogP contribution >= 0.6 is 35.3 Å². The molecular weight excluding hydrogens is 1310 g/mol. The molecule has 27 nitrogen and oxygen atoms in total. The highest BCUT2D eigenvalue weighted by Crippen LogP contribution is 2.34. The second-order valence-corrected chi connectivity index (χ2v) is 28.1. The average molecular weight is 1400 g/mol. The van der Waals surface area contributed by atoms with E-state index in [2.05, 4.69) is 97.3 Å². The van der Waals surface area contributed by atoms with Gasteiger partial charge in [0.15, 0.2) is 0 Å². The molecule has 524 valence electrons. The van der Waals surface area contributed by atoms with Crippen molar-refractivity contribution in [1.29, 1.82) is 0 Å². The Bertz CT molecular complexity index is 3440. The van der Waals surface area contributed by atoms with Crippen LogP contribution < -0.4 is 42.5 Å². The molecule has 11 atom stereocenters. The van der Waals surface area contributed by atoms with Gasteiger partial charge in [0, 0.05) is 70.1 Å². The summed E-state index contributed by atoms with van der Waals surface area (Å²) in [6.45, 7) is 8.75. The summed E-state index contributed by atoms with van der Waals surface area (Å²) in [5.74, 6) is 11.7. The van der Waals surface area contributed by atoms with Gasteiger partial charge in [0.2, 0.25) is 45.8 Å². The van der Waals surface area contributed by atoms with E-state index in [0.29, 0.717) is 104 Å². The second kappa shape index (κ2) is 37.7. The van der Waals surface area contributed by atoms with Gasteiger partial charge in [-0.15, -0.1) is 10.2 Å². The third-order valence-electron chi connectivity index (χ3n) is 17.7. The molecule has 4 saturated heterocycles. The number of amides is 8. The van der Waals surface area contributed by atoms with E-state index in [1.165, 1.54) is 23.5 Å². The Morgan fingerprint density at radius 3 is 1.68 bits per heavy atom. The number of nitrogens with zero attached hydrogens (tertiary/aromatic N) is 10. The van der Waals surface area contributed by atoms with Crippen LogP contribution in [0.1, 0.15) is 116 Å². The number of anilines is 1. The normalized spacial score (nSPS) is 19.7. The minimum atomic E-state index is -1.07. The van der Waals surface area contributed by atoms with Gasteiger partial charge >= 0.3 is 6.03 Å². The summed E-state index contributed by atoms with van der Waals surface area (Å²) >= 11 is 4.73. The molecule has 6 heterocycles. The van der Waals surface area contributed by atoms with Crippen molar-refractivity contribution in [2.45, 2.75) is 204 Å². The van der Waals surface area contributed by atoms with Crippen LogP contribution in [0.5, 0.6) is 0 Å². The quantitative estimate of drug-likeness (QED) is 0.0161. The highest BCUT2D eigenvalue weighted by atomic mass is 32.2. The molecule has 4 fully saturated rings. The lowest BCUT2D eigenvalue weighted by molar-refractivity contribution is -0.142. The van der Waals surface area contributed by atoms with Crippen LogP contribution in [-0.4, -0.2) is 210 Å². The zero-order valence-corrected chi connectivity index (χ0v) is 58.8. The average Bonchev–Trinajstić information content (AvgIpc) is 1.64. The molecule has 4 aliphatic heterocycles. The van der Waals surface area contributed by atoms with E-state index < -0.39 is 36.4 Å². The lowest BCUT2D eigenvalue weighted by Gasteiger charge is -2.32. The maximum atomic E-state index is 14.6. The number of likely N-dealkylation sites (N-methyl/N-ethyl adjacent to an activating group) is 2. The number of fused-ring (bicyclic) bond motifs is 1. The molecule has 0 bridgehead atoms. The van der Waals surface area contributed by atoms with Gasteiger partial charge in [-0.05, 0) is 180 Å². The zero-order chi connectivity index (χ0) is 69.3. The number of tetrazole rings is 2. The standard InChI is InChI=1S/C68H90N18O9S3/c1-44(69-5)62(89)74-59(64(91)83-34-18-24-51(83)41-85-67(77-79-81-85)97-53-26-10-7-11-27-53)46(3)94-36-20-22-48-38-49(40-50(39-48)72-58(88)32-14-9-17-33-71-57(87)31-16-15-30-56-61-55(43-96-56)73-66(93)76-61)23-21-37-95-47(4)60(75-63(90)45(2)70-6)65(92)84-35-19-25-52(84)42-86-68(78-80-82-86)98-54-28-12-8-13-29-54/h7-8,10-13,26-29,38-40,44-47,51-52,55-56,59-61,69-70H,9,14-19,24-25,30-37,41-43H2,1-6H3,(H,71,87)(H,72,88)(H,74,89)(H,75,90)(H2,73,76,93)/t44-,45+,46-,47-,51+,52?,55+,56?,59+,60+,61+/m1/s1. The summed E-state index contributed by atoms with van der Waals surface area (Å²) in [6, 6.07) is 21.1. The number of carbonyl (C=O) groups is 7. The molecule has 30 heteroatoms. The van der Waals surface area contributed by atoms with Gasteiger partial charge in [-0.1, -0.05) is 72.9 Å². The fourth-order valence-corrected chi connectivity index (χ4v) is 15.1. The van der Waals surface area contributed by atoms with Crippen LogP contribution in [-0.2, 0) is 51.3 Å². The van der Waals surface area contributed by atoms with Crippen molar-refractivity contribution in [2.75, 3.05) is 58.0 Å². The van der Waals surface area contributed by atoms with E-state index in [1.54, 1.807) is 79.2 Å². The number of rotatable bonds is 34. The molecule has 2 aromatic heterocycles. The zero-order valence-electron chi connectivity index (χ0n) is 56.4. The highest BCUT2D eigenvalue weighted by Gasteiger charge is 2.43. The van der Waals surface area contributed by atoms with Crippen LogP contribution in [0.25, 0.3) is 0 Å². The molecule has 9 rings (SSSR count). The van der Waals surface area contributed by atoms with E-state index in [0.717, 1.165) is 47.6 Å². The third kappa shape index (κ3) is 21.7. The molecule has 0 radical (unpaired) electrons. The maximum absolute atomic E-state index is 14.6. The van der Waals surface area contributed by atoms with Gasteiger partial charge in [0.1, 0.15) is 25.3 Å². The second-order valence-electron chi connectivity index (χ2n) is 24.8. The number of likely N-dealkylation sites (tertiary alicyclic amines) is 2. The number of nitrogens with one attached hydrogen (secondary N) is 8. The number of ether oxygens (including phenoxy) is 2. The first kappa shape index (κ1) is 74.1. The summed E-state index contributed by atoms with van der Waals surface area (Å²) in [5, 5.41) is 50.2. The number of thioether (sulfide) groups is 1. The van der Waals surface area contributed by atoms with Crippen molar-refractivity contribution < 1.29 is 43.0 Å². The molecule has 0 saturated carbocycles. The van der Waals surface area contributed by atoms with Gasteiger partial charge in [-0.2, -0.15) is 11.8 Å². The smallest absolute Gasteiger partial charge is 0.315 e. The fourth-order valence-electron chi connectivity index (χ4n) is 12.0. The van der Waals surface area contributed by atoms with Crippen LogP contribution in [0.4, 0.5) is 10.5 Å². The van der Waals surface area contributed by atoms with Crippen LogP contribution in [0, 0.1) is 23.7 Å². The minimum absolute atomic E-state index is 0.000566. The number of hydrogen-bond donors (Lipinski definition) is 8. The molecule has 8 N–H and O–H groups in total. The number of urea groups is 1. The fraction of sp³-hybridized carbons (Fsp3) is 0.544. The predicted molar refractivity (Wildman–Crippen MR) is 372 cm³/mol. The van der Waals surface area contributed by atoms with Crippen molar-refractivity contribution in [1.82, 2.24) is 87.4 Å². The topological polar surface area (TPSA) is 328 Å². The number of carbonyl (C=O) groups excluding carboxylic acids is 7. The summed E-state index contributed by atoms with van der Waals surface area (Å²) < 4.78 is 15.9. The number of unbranched alkanes of at least 4 members (excludes halogenated alkanes) is 3. The monoisotopic (exact) mass is 1400 g/mol. The summed E-state index contributed by atoms with van der Waals surface area (Å²) in [6.07, 6.45) is 6.55. The predicted octanol–water partition coefficient (Wildman–Crippen LogP) is 4.38. The van der Waals surface area contributed by atoms with Crippen molar-refractivity contribution in [2.24, 2.45) is 0 Å². The molecule has 5 aromatic rings. The van der Waals surface area contributed by atoms with E-state index in [-0.39, 0.29) is 85.3 Å². The Labute approximate surface area is 585 Å². The van der Waals surface area contributed by atoms with Crippen molar-refractivity contribution in [3.05, 3.63) is 90.0 Å². The molecule has 0 spiro atoms. The number of hydrogen-bond acceptors (Lipinski definition) is 20. The van der Waals surface area contributed by atoms with Gasteiger partial charge in [-0.3, -0.25) is 28.8 Å². The molecule has 0 aliphatic carbocycles. The lowest BCUT2D eigenvalue weighted by Crippen LogP contribution is -2.58. The van der Waals surface area contributed by atoms with Crippen molar-refractivity contribution in [3.63, 3.8) is 0 Å². The largest absolute Gasteiger partial charge is 0.363 e. The molecule has 2 unspecified atom stereocenters. The first-order chi connectivity index (χ1) is 47.5. The van der Waals surface area contributed by atoms with Gasteiger partial charge in [0.25, 0.3) is 0 Å². The Morgan fingerprint density at radius 2 is 1.16 bits per heavy atom. The molecule has 4 aliphatic rings. The molecule has 3 aromatic carbocycles. The first-order valence-corrected chi connectivity index (χ1v) is 36.4. The minimum Gasteiger partial charge on any atom is -0.363 e. The molecule has 98 heavy (non-hydrogen) atoms. The van der Waals surface area contributed by atoms with E-state index in [9.17, 15) is 33.6 Å².